The first-order valence-electron chi connectivity index (χ1n) is 10.8. The molecule has 2 N–H and O–H groups in total. The molecule has 0 aromatic rings. The quantitative estimate of drug-likeness (QED) is 0.344. The van der Waals surface area contributed by atoms with Gasteiger partial charge in [-0.3, -0.25) is 4.79 Å². The Hall–Kier alpha value is -0.280. The maximum absolute atomic E-state index is 11.8. The molecule has 1 rings (SSSR count). The van der Waals surface area contributed by atoms with E-state index in [0.717, 1.165) is 32.5 Å². The van der Waals surface area contributed by atoms with Crippen molar-refractivity contribution in [1.82, 2.24) is 10.6 Å². The molecule has 3 nitrogen and oxygen atoms in total. The highest BCUT2D eigenvalue weighted by Crippen LogP contribution is 2.13. The van der Waals surface area contributed by atoms with Crippen LogP contribution >= 0.6 is 12.4 Å². The highest BCUT2D eigenvalue weighted by Gasteiger charge is 2.21. The van der Waals surface area contributed by atoms with Crippen LogP contribution in [0.3, 0.4) is 0 Å². The van der Waals surface area contributed by atoms with Crippen molar-refractivity contribution in [2.75, 3.05) is 19.6 Å². The van der Waals surface area contributed by atoms with E-state index in [1.54, 1.807) is 0 Å². The second-order valence-electron chi connectivity index (χ2n) is 7.58. The van der Waals surface area contributed by atoms with Crippen molar-refractivity contribution >= 4 is 18.3 Å². The number of halogens is 1. The largest absolute Gasteiger partial charge is 0.356 e. The molecule has 0 saturated carbocycles. The van der Waals surface area contributed by atoms with Crippen LogP contribution in [0.15, 0.2) is 0 Å². The fraction of sp³-hybridized carbons (Fsp3) is 0.952. The third-order valence-corrected chi connectivity index (χ3v) is 5.26. The Morgan fingerprint density at radius 1 is 0.840 bits per heavy atom. The number of amides is 1. The summed E-state index contributed by atoms with van der Waals surface area (Å²) in [6.07, 6.45) is 20.3. The lowest BCUT2D eigenvalue weighted by molar-refractivity contribution is -0.124. The lowest BCUT2D eigenvalue weighted by Gasteiger charge is -2.09. The van der Waals surface area contributed by atoms with E-state index in [0.29, 0.717) is 0 Å². The van der Waals surface area contributed by atoms with Crippen LogP contribution in [0.25, 0.3) is 0 Å². The number of nitrogens with one attached hydrogen (secondary N) is 2. The standard InChI is InChI=1S/C21H42N2O.ClH/c1-2-3-4-5-6-7-8-9-10-11-12-13-14-15-17-23-21(24)20-16-18-22-19-20;/h20,22H,2-19H2,1H3,(H,23,24);1H/t20-;/m0./s1. The Labute approximate surface area is 162 Å². The molecule has 0 bridgehead atoms. The number of carbonyl (C=O) groups excluding carboxylic acids is 1. The number of hydrogen-bond donors (Lipinski definition) is 2. The minimum absolute atomic E-state index is 0. The van der Waals surface area contributed by atoms with Gasteiger partial charge in [-0.2, -0.15) is 0 Å². The Balaban J connectivity index is 0.00000576. The van der Waals surface area contributed by atoms with Crippen LogP contribution in [0, 0.1) is 5.92 Å². The maximum Gasteiger partial charge on any atom is 0.224 e. The predicted octanol–water partition coefficient (Wildman–Crippen LogP) is 5.62. The molecule has 1 fully saturated rings. The van der Waals surface area contributed by atoms with Crippen molar-refractivity contribution < 1.29 is 4.79 Å². The Morgan fingerprint density at radius 2 is 1.32 bits per heavy atom. The van der Waals surface area contributed by atoms with E-state index in [-0.39, 0.29) is 24.2 Å². The highest BCUT2D eigenvalue weighted by molar-refractivity contribution is 5.85. The third-order valence-electron chi connectivity index (χ3n) is 5.26. The molecule has 0 aromatic heterocycles. The molecule has 4 heteroatoms. The maximum atomic E-state index is 11.8. The molecule has 0 aliphatic carbocycles. The summed E-state index contributed by atoms with van der Waals surface area (Å²) in [7, 11) is 0. The summed E-state index contributed by atoms with van der Waals surface area (Å²) in [5.41, 5.74) is 0. The second-order valence-corrected chi connectivity index (χ2v) is 7.58. The number of hydrogen-bond acceptors (Lipinski definition) is 2. The molecule has 1 heterocycles. The van der Waals surface area contributed by atoms with Crippen LogP contribution < -0.4 is 10.6 Å². The van der Waals surface area contributed by atoms with Crippen LogP contribution in [-0.2, 0) is 4.79 Å². The van der Waals surface area contributed by atoms with E-state index in [1.807, 2.05) is 0 Å². The van der Waals surface area contributed by atoms with Crippen molar-refractivity contribution in [3.05, 3.63) is 0 Å². The minimum atomic E-state index is 0. The molecular formula is C21H43ClN2O. The zero-order valence-corrected chi connectivity index (χ0v) is 17.4. The molecular weight excluding hydrogens is 332 g/mol. The van der Waals surface area contributed by atoms with Crippen molar-refractivity contribution in [3.63, 3.8) is 0 Å². The van der Waals surface area contributed by atoms with Gasteiger partial charge >= 0.3 is 0 Å². The van der Waals surface area contributed by atoms with Gasteiger partial charge in [0.25, 0.3) is 0 Å². The third kappa shape index (κ3) is 14.6. The number of carbonyl (C=O) groups is 1. The first kappa shape index (κ1) is 24.7. The zero-order chi connectivity index (χ0) is 17.3. The molecule has 0 radical (unpaired) electrons. The Morgan fingerprint density at radius 3 is 1.76 bits per heavy atom. The van der Waals surface area contributed by atoms with Gasteiger partial charge in [0.15, 0.2) is 0 Å². The van der Waals surface area contributed by atoms with Gasteiger partial charge < -0.3 is 10.6 Å². The summed E-state index contributed by atoms with van der Waals surface area (Å²) >= 11 is 0. The van der Waals surface area contributed by atoms with Gasteiger partial charge in [0.05, 0.1) is 5.92 Å². The zero-order valence-electron chi connectivity index (χ0n) is 16.6. The normalized spacial score (nSPS) is 16.6. The van der Waals surface area contributed by atoms with Gasteiger partial charge in [0.1, 0.15) is 0 Å². The van der Waals surface area contributed by atoms with Crippen molar-refractivity contribution in [1.29, 1.82) is 0 Å². The van der Waals surface area contributed by atoms with Crippen molar-refractivity contribution in [2.24, 2.45) is 5.92 Å². The first-order chi connectivity index (χ1) is 11.8. The average molecular weight is 375 g/mol. The highest BCUT2D eigenvalue weighted by atomic mass is 35.5. The second kappa shape index (κ2) is 18.5. The molecule has 1 aliphatic heterocycles. The SMILES string of the molecule is CCCCCCCCCCCCCCCCNC(=O)[C@H]1CCNC1.Cl. The summed E-state index contributed by atoms with van der Waals surface area (Å²) in [4.78, 5) is 11.8. The Kier molecular flexibility index (Phi) is 18.3. The van der Waals surface area contributed by atoms with E-state index in [2.05, 4.69) is 17.6 Å². The molecule has 1 atom stereocenters. The molecule has 0 spiro atoms. The van der Waals surface area contributed by atoms with Gasteiger partial charge in [0.2, 0.25) is 5.91 Å². The average Bonchev–Trinajstić information content (AvgIpc) is 3.13. The minimum Gasteiger partial charge on any atom is -0.356 e. The van der Waals surface area contributed by atoms with Gasteiger partial charge in [-0.25, -0.2) is 0 Å². The molecule has 1 amide bonds. The molecule has 0 aromatic carbocycles. The molecule has 1 aliphatic rings. The van der Waals surface area contributed by atoms with E-state index in [4.69, 9.17) is 0 Å². The molecule has 150 valence electrons. The van der Waals surface area contributed by atoms with Crippen LogP contribution in [0.2, 0.25) is 0 Å². The van der Waals surface area contributed by atoms with E-state index >= 15 is 0 Å². The summed E-state index contributed by atoms with van der Waals surface area (Å²) in [5.74, 6) is 0.478. The number of rotatable bonds is 16. The van der Waals surface area contributed by atoms with Gasteiger partial charge in [-0.15, -0.1) is 12.4 Å². The molecule has 1 saturated heterocycles. The number of unbranched alkanes of at least 4 members (excludes halogenated alkanes) is 13. The van der Waals surface area contributed by atoms with Crippen molar-refractivity contribution in [3.8, 4) is 0 Å². The predicted molar refractivity (Wildman–Crippen MR) is 112 cm³/mol. The summed E-state index contributed by atoms with van der Waals surface area (Å²) in [6.45, 7) is 5.01. The molecule has 0 unspecified atom stereocenters. The smallest absolute Gasteiger partial charge is 0.224 e. The van der Waals surface area contributed by atoms with Crippen LogP contribution in [-0.4, -0.2) is 25.5 Å². The van der Waals surface area contributed by atoms with Gasteiger partial charge in [-0.05, 0) is 19.4 Å². The lowest BCUT2D eigenvalue weighted by atomic mass is 10.0. The monoisotopic (exact) mass is 374 g/mol. The van der Waals surface area contributed by atoms with Crippen LogP contribution in [0.5, 0.6) is 0 Å². The van der Waals surface area contributed by atoms with Crippen LogP contribution in [0.4, 0.5) is 0 Å². The fourth-order valence-corrected chi connectivity index (χ4v) is 3.55. The first-order valence-corrected chi connectivity index (χ1v) is 10.8. The summed E-state index contributed by atoms with van der Waals surface area (Å²) in [5, 5.41) is 6.34. The van der Waals surface area contributed by atoms with Gasteiger partial charge in [-0.1, -0.05) is 90.4 Å². The van der Waals surface area contributed by atoms with E-state index < -0.39 is 0 Å². The van der Waals surface area contributed by atoms with Crippen molar-refractivity contribution in [2.45, 2.75) is 103 Å². The van der Waals surface area contributed by atoms with E-state index in [1.165, 1.54) is 83.5 Å². The van der Waals surface area contributed by atoms with E-state index in [9.17, 15) is 4.79 Å². The Bertz CT molecular complexity index is 294. The van der Waals surface area contributed by atoms with Gasteiger partial charge in [0, 0.05) is 13.1 Å². The van der Waals surface area contributed by atoms with Crippen LogP contribution in [0.1, 0.15) is 103 Å². The fourth-order valence-electron chi connectivity index (χ4n) is 3.55. The lowest BCUT2D eigenvalue weighted by Crippen LogP contribution is -2.32. The summed E-state index contributed by atoms with van der Waals surface area (Å²) < 4.78 is 0. The summed E-state index contributed by atoms with van der Waals surface area (Å²) in [6, 6.07) is 0. The topological polar surface area (TPSA) is 41.1 Å². The molecule has 25 heavy (non-hydrogen) atoms.